The van der Waals surface area contributed by atoms with Gasteiger partial charge in [0, 0.05) is 23.3 Å². The molecule has 54 heavy (non-hydrogen) atoms. The average molecular weight is 773 g/mol. The maximum absolute atomic E-state index is 13.7. The van der Waals surface area contributed by atoms with Gasteiger partial charge in [-0.25, -0.2) is 4.79 Å². The van der Waals surface area contributed by atoms with Gasteiger partial charge in [0.1, 0.15) is 11.9 Å². The van der Waals surface area contributed by atoms with Crippen LogP contribution in [-0.2, 0) is 33.3 Å². The van der Waals surface area contributed by atoms with E-state index in [-0.39, 0.29) is 23.8 Å². The van der Waals surface area contributed by atoms with E-state index in [1.165, 1.54) is 0 Å². The van der Waals surface area contributed by atoms with Gasteiger partial charge in [0.25, 0.3) is 0 Å². The summed E-state index contributed by atoms with van der Waals surface area (Å²) < 4.78 is 28.7. The fraction of sp³-hybridized carbons (Fsp3) is 0.636. The van der Waals surface area contributed by atoms with Gasteiger partial charge in [-0.3, -0.25) is 14.4 Å². The highest BCUT2D eigenvalue weighted by molar-refractivity contribution is 6.30. The monoisotopic (exact) mass is 772 g/mol. The summed E-state index contributed by atoms with van der Waals surface area (Å²) in [6.07, 6.45) is 9.35. The Kier molecular flexibility index (Phi) is 19.8. The Morgan fingerprint density at radius 2 is 1.02 bits per heavy atom. The van der Waals surface area contributed by atoms with Crippen LogP contribution in [0, 0.1) is 10.8 Å². The first-order valence-corrected chi connectivity index (χ1v) is 20.0. The van der Waals surface area contributed by atoms with Crippen LogP contribution in [0.4, 0.5) is 0 Å². The number of halogens is 1. The molecule has 2 aromatic carbocycles. The highest BCUT2D eigenvalue weighted by Crippen LogP contribution is 2.29. The van der Waals surface area contributed by atoms with E-state index in [1.807, 2.05) is 41.5 Å². The Balaban J connectivity index is 2.04. The molecule has 0 bridgehead atoms. The molecular formula is C44H65ClO9. The number of benzene rings is 2. The van der Waals surface area contributed by atoms with Crippen molar-refractivity contribution in [2.45, 2.75) is 150 Å². The molecule has 2 aromatic rings. The summed E-state index contributed by atoms with van der Waals surface area (Å²) in [5.74, 6) is -0.553. The van der Waals surface area contributed by atoms with E-state index in [9.17, 15) is 19.2 Å². The molecule has 0 fully saturated rings. The molecule has 0 N–H and O–H groups in total. The third kappa shape index (κ3) is 15.7. The Labute approximate surface area is 329 Å². The first kappa shape index (κ1) is 46.7. The molecule has 0 spiro atoms. The number of hydrogen-bond donors (Lipinski definition) is 0. The molecule has 10 heteroatoms. The number of carbonyl (C=O) groups excluding carboxylic acids is 4. The van der Waals surface area contributed by atoms with Crippen molar-refractivity contribution in [1.82, 2.24) is 0 Å². The second kappa shape index (κ2) is 22.8. The van der Waals surface area contributed by atoms with E-state index in [1.54, 1.807) is 69.5 Å². The van der Waals surface area contributed by atoms with Gasteiger partial charge in [-0.05, 0) is 136 Å². The number of methoxy groups -OCH3 is 1. The lowest BCUT2D eigenvalue weighted by Crippen LogP contribution is -2.44. The fourth-order valence-corrected chi connectivity index (χ4v) is 6.35. The summed E-state index contributed by atoms with van der Waals surface area (Å²) >= 11 is 5.97. The molecule has 2 atom stereocenters. The Morgan fingerprint density at radius 3 is 1.46 bits per heavy atom. The Bertz CT molecular complexity index is 1450. The summed E-state index contributed by atoms with van der Waals surface area (Å²) in [6.45, 7) is 15.4. The van der Waals surface area contributed by atoms with Gasteiger partial charge in [0.05, 0.1) is 30.1 Å². The smallest absolute Gasteiger partial charge is 0.350 e. The van der Waals surface area contributed by atoms with Gasteiger partial charge in [-0.15, -0.1) is 0 Å². The van der Waals surface area contributed by atoms with E-state index >= 15 is 0 Å². The maximum atomic E-state index is 13.7. The molecule has 0 aliphatic carbocycles. The molecule has 0 aromatic heterocycles. The second-order valence-electron chi connectivity index (χ2n) is 15.8. The van der Waals surface area contributed by atoms with Crippen LogP contribution in [0.25, 0.3) is 0 Å². The molecular weight excluding hydrogens is 708 g/mol. The van der Waals surface area contributed by atoms with Gasteiger partial charge >= 0.3 is 17.9 Å². The van der Waals surface area contributed by atoms with Crippen LogP contribution in [0.5, 0.6) is 5.75 Å². The molecule has 0 amide bonds. The largest absolute Gasteiger partial charge is 0.476 e. The average Bonchev–Trinajstić information content (AvgIpc) is 3.12. The number of rotatable bonds is 26. The van der Waals surface area contributed by atoms with Crippen LogP contribution >= 0.6 is 11.6 Å². The molecule has 0 unspecified atom stereocenters. The van der Waals surface area contributed by atoms with Crippen LogP contribution in [0.3, 0.4) is 0 Å². The molecule has 0 heterocycles. The van der Waals surface area contributed by atoms with Crippen molar-refractivity contribution in [2.75, 3.05) is 20.3 Å². The lowest BCUT2D eigenvalue weighted by atomic mass is 9.86. The Morgan fingerprint density at radius 1 is 0.593 bits per heavy atom. The zero-order chi connectivity index (χ0) is 40.4. The van der Waals surface area contributed by atoms with E-state index in [0.29, 0.717) is 48.0 Å². The van der Waals surface area contributed by atoms with E-state index < -0.39 is 28.5 Å². The number of unbranched alkanes of at least 4 members (excludes halogenated alkanes) is 6. The number of carbonyl (C=O) groups is 4. The predicted molar refractivity (Wildman–Crippen MR) is 213 cm³/mol. The van der Waals surface area contributed by atoms with Gasteiger partial charge in [-0.2, -0.15) is 0 Å². The standard InChI is InChI=1S/C44H65ClO9/c1-10-51-39(47)42(3,4)30-18-14-12-16-20-36(50-9)37(21-17-13-15-19-31-43(5,6)40(48)52-11-2)53-41(49)44(7,8)54-35-28-24-33(25-29-35)38(46)32-22-26-34(45)27-23-32/h22-29,36-37H,10-21,30-31H2,1-9H3/t36-,37+/m0/s1. The lowest BCUT2D eigenvalue weighted by molar-refractivity contribution is -0.173. The van der Waals surface area contributed by atoms with Crippen molar-refractivity contribution in [2.24, 2.45) is 10.8 Å². The normalized spacial score (nSPS) is 13.1. The predicted octanol–water partition coefficient (Wildman–Crippen LogP) is 10.5. The third-order valence-corrected chi connectivity index (χ3v) is 10.1. The number of esters is 3. The van der Waals surface area contributed by atoms with Crippen LogP contribution in [-0.4, -0.2) is 61.8 Å². The summed E-state index contributed by atoms with van der Waals surface area (Å²) in [5.41, 5.74) is -1.34. The highest BCUT2D eigenvalue weighted by atomic mass is 35.5. The minimum atomic E-state index is -1.32. The third-order valence-electron chi connectivity index (χ3n) is 9.80. The van der Waals surface area contributed by atoms with Gasteiger partial charge in [0.15, 0.2) is 11.4 Å². The van der Waals surface area contributed by atoms with Gasteiger partial charge in [-0.1, -0.05) is 56.5 Å². The van der Waals surface area contributed by atoms with Crippen LogP contribution < -0.4 is 4.74 Å². The number of hydrogen-bond acceptors (Lipinski definition) is 9. The van der Waals surface area contributed by atoms with E-state index in [0.717, 1.165) is 64.2 Å². The van der Waals surface area contributed by atoms with Crippen molar-refractivity contribution in [3.8, 4) is 5.75 Å². The van der Waals surface area contributed by atoms with Crippen molar-refractivity contribution in [3.05, 3.63) is 64.7 Å². The summed E-state index contributed by atoms with van der Waals surface area (Å²) in [7, 11) is 1.65. The second-order valence-corrected chi connectivity index (χ2v) is 16.2. The van der Waals surface area contributed by atoms with Crippen molar-refractivity contribution in [3.63, 3.8) is 0 Å². The Hall–Kier alpha value is -3.43. The molecule has 0 radical (unpaired) electrons. The first-order valence-electron chi connectivity index (χ1n) is 19.6. The maximum Gasteiger partial charge on any atom is 0.350 e. The molecule has 0 aliphatic rings. The molecule has 0 saturated carbocycles. The van der Waals surface area contributed by atoms with Crippen molar-refractivity contribution < 1.29 is 42.9 Å². The summed E-state index contributed by atoms with van der Waals surface area (Å²) in [4.78, 5) is 51.2. The topological polar surface area (TPSA) is 114 Å². The molecule has 0 aliphatic heterocycles. The number of ketones is 1. The van der Waals surface area contributed by atoms with Crippen molar-refractivity contribution in [1.29, 1.82) is 0 Å². The molecule has 9 nitrogen and oxygen atoms in total. The zero-order valence-corrected chi connectivity index (χ0v) is 35.0. The van der Waals surface area contributed by atoms with Gasteiger partial charge in [0.2, 0.25) is 0 Å². The SMILES string of the molecule is CCOC(=O)C(C)(C)CCCCCC[C@H](OC)[C@@H](CCCCCCC(C)(C)C(=O)OCC)OC(=O)C(C)(C)Oc1ccc(C(=O)c2ccc(Cl)cc2)cc1. The lowest BCUT2D eigenvalue weighted by Gasteiger charge is -2.31. The zero-order valence-electron chi connectivity index (χ0n) is 34.2. The van der Waals surface area contributed by atoms with Crippen LogP contribution in [0.2, 0.25) is 5.02 Å². The van der Waals surface area contributed by atoms with Crippen LogP contribution in [0.15, 0.2) is 48.5 Å². The number of ether oxygens (including phenoxy) is 5. The minimum Gasteiger partial charge on any atom is -0.476 e. The molecule has 2 rings (SSSR count). The highest BCUT2D eigenvalue weighted by Gasteiger charge is 2.36. The summed E-state index contributed by atoms with van der Waals surface area (Å²) in [6, 6.07) is 13.4. The van der Waals surface area contributed by atoms with E-state index in [2.05, 4.69) is 0 Å². The van der Waals surface area contributed by atoms with Gasteiger partial charge < -0.3 is 23.7 Å². The molecule has 0 saturated heterocycles. The van der Waals surface area contributed by atoms with Crippen LogP contribution in [0.1, 0.15) is 148 Å². The molecule has 302 valence electrons. The van der Waals surface area contributed by atoms with Crippen molar-refractivity contribution >= 4 is 35.3 Å². The fourth-order valence-electron chi connectivity index (χ4n) is 6.22. The van der Waals surface area contributed by atoms with E-state index in [4.69, 9.17) is 35.3 Å². The quantitative estimate of drug-likeness (QED) is 0.0399. The first-order chi connectivity index (χ1) is 25.5. The minimum absolute atomic E-state index is 0.145. The summed E-state index contributed by atoms with van der Waals surface area (Å²) in [5, 5.41) is 0.555.